The van der Waals surface area contributed by atoms with Gasteiger partial charge < -0.3 is 9.64 Å². The maximum absolute atomic E-state index is 12.2. The van der Waals surface area contributed by atoms with Gasteiger partial charge in [0.15, 0.2) is 0 Å². The molecule has 0 bridgehead atoms. The summed E-state index contributed by atoms with van der Waals surface area (Å²) in [6, 6.07) is 0.159. The molecule has 17 heavy (non-hydrogen) atoms. The highest BCUT2D eigenvalue weighted by molar-refractivity contribution is 9.10. The number of halogens is 1. The zero-order valence-electron chi connectivity index (χ0n) is 10.0. The maximum Gasteiger partial charge on any atom is 0.227 e. The van der Waals surface area contributed by atoms with Gasteiger partial charge in [0.1, 0.15) is 4.60 Å². The van der Waals surface area contributed by atoms with Crippen molar-refractivity contribution in [3.05, 3.63) is 16.4 Å². The molecule has 1 atom stereocenters. The second kappa shape index (κ2) is 5.18. The fraction of sp³-hybridized carbons (Fsp3) is 0.636. The lowest BCUT2D eigenvalue weighted by atomic mass is 10.2. The maximum atomic E-state index is 12.2. The third kappa shape index (κ3) is 2.69. The lowest BCUT2D eigenvalue weighted by Gasteiger charge is -2.33. The molecule has 0 aromatic carbocycles. The molecule has 2 rings (SSSR count). The SMILES string of the molecule is C[C@H]1COCCN1C(=O)Cc1cnn(C)c1Br. The Labute approximate surface area is 109 Å². The smallest absolute Gasteiger partial charge is 0.227 e. The minimum atomic E-state index is 0.134. The summed E-state index contributed by atoms with van der Waals surface area (Å²) in [7, 11) is 1.84. The Bertz CT molecular complexity index is 419. The fourth-order valence-corrected chi connectivity index (χ4v) is 2.28. The van der Waals surface area contributed by atoms with Gasteiger partial charge in [-0.3, -0.25) is 9.48 Å². The first kappa shape index (κ1) is 12.6. The summed E-state index contributed by atoms with van der Waals surface area (Å²) in [4.78, 5) is 14.0. The molecule has 0 saturated carbocycles. The lowest BCUT2D eigenvalue weighted by molar-refractivity contribution is -0.138. The van der Waals surface area contributed by atoms with E-state index in [4.69, 9.17) is 4.74 Å². The van der Waals surface area contributed by atoms with E-state index in [9.17, 15) is 4.79 Å². The van der Waals surface area contributed by atoms with Crippen LogP contribution in [0.15, 0.2) is 10.8 Å². The Morgan fingerprint density at radius 2 is 2.47 bits per heavy atom. The van der Waals surface area contributed by atoms with Gasteiger partial charge in [-0.2, -0.15) is 5.10 Å². The second-order valence-corrected chi connectivity index (χ2v) is 5.02. The molecule has 1 aliphatic heterocycles. The van der Waals surface area contributed by atoms with Crippen LogP contribution in [0.3, 0.4) is 0 Å². The van der Waals surface area contributed by atoms with Crippen molar-refractivity contribution in [3.8, 4) is 0 Å². The molecule has 0 N–H and O–H groups in total. The van der Waals surface area contributed by atoms with Crippen molar-refractivity contribution >= 4 is 21.8 Å². The second-order valence-electron chi connectivity index (χ2n) is 4.27. The number of amides is 1. The van der Waals surface area contributed by atoms with E-state index in [1.54, 1.807) is 10.9 Å². The highest BCUT2D eigenvalue weighted by atomic mass is 79.9. The number of carbonyl (C=O) groups is 1. The van der Waals surface area contributed by atoms with E-state index in [0.717, 1.165) is 10.2 Å². The summed E-state index contributed by atoms with van der Waals surface area (Å²) >= 11 is 3.42. The molecule has 0 unspecified atom stereocenters. The standard InChI is InChI=1S/C11H16BrN3O2/c1-8-7-17-4-3-15(8)10(16)5-9-6-13-14(2)11(9)12/h6,8H,3-5,7H2,1-2H3/t8-/m0/s1. The fourth-order valence-electron chi connectivity index (χ4n) is 1.95. The molecular formula is C11H16BrN3O2. The number of hydrogen-bond acceptors (Lipinski definition) is 3. The van der Waals surface area contributed by atoms with Crippen LogP contribution in [0.2, 0.25) is 0 Å². The van der Waals surface area contributed by atoms with Gasteiger partial charge in [0.05, 0.1) is 31.9 Å². The molecule has 1 amide bonds. The number of nitrogens with zero attached hydrogens (tertiary/aromatic N) is 3. The quantitative estimate of drug-likeness (QED) is 0.818. The summed E-state index contributed by atoms with van der Waals surface area (Å²) in [5.74, 6) is 0.134. The molecule has 2 heterocycles. The summed E-state index contributed by atoms with van der Waals surface area (Å²) in [5, 5.41) is 4.11. The van der Waals surface area contributed by atoms with Gasteiger partial charge in [-0.25, -0.2) is 0 Å². The molecule has 94 valence electrons. The average molecular weight is 302 g/mol. The largest absolute Gasteiger partial charge is 0.377 e. The molecular weight excluding hydrogens is 286 g/mol. The summed E-state index contributed by atoms with van der Waals surface area (Å²) in [5.41, 5.74) is 0.927. The van der Waals surface area contributed by atoms with Crippen LogP contribution < -0.4 is 0 Å². The van der Waals surface area contributed by atoms with Gasteiger partial charge in [-0.05, 0) is 22.9 Å². The zero-order chi connectivity index (χ0) is 12.4. The Morgan fingerprint density at radius 3 is 3.06 bits per heavy atom. The van der Waals surface area contributed by atoms with Crippen molar-refractivity contribution in [2.75, 3.05) is 19.8 Å². The van der Waals surface area contributed by atoms with Gasteiger partial charge in [-0.15, -0.1) is 0 Å². The van der Waals surface area contributed by atoms with Crippen LogP contribution in [-0.4, -0.2) is 46.4 Å². The summed E-state index contributed by atoms with van der Waals surface area (Å²) in [6.45, 7) is 3.94. The third-order valence-corrected chi connectivity index (χ3v) is 3.99. The first-order valence-corrected chi connectivity index (χ1v) is 6.42. The predicted octanol–water partition coefficient (Wildman–Crippen LogP) is 0.972. The van der Waals surface area contributed by atoms with Crippen molar-refractivity contribution in [2.24, 2.45) is 7.05 Å². The van der Waals surface area contributed by atoms with E-state index in [2.05, 4.69) is 21.0 Å². The predicted molar refractivity (Wildman–Crippen MR) is 66.6 cm³/mol. The van der Waals surface area contributed by atoms with E-state index in [1.807, 2.05) is 18.9 Å². The number of morpholine rings is 1. The topological polar surface area (TPSA) is 47.4 Å². The first-order chi connectivity index (χ1) is 8.09. The monoisotopic (exact) mass is 301 g/mol. The van der Waals surface area contributed by atoms with Gasteiger partial charge >= 0.3 is 0 Å². The minimum absolute atomic E-state index is 0.134. The Hall–Kier alpha value is -0.880. The lowest BCUT2D eigenvalue weighted by Crippen LogP contribution is -2.47. The first-order valence-electron chi connectivity index (χ1n) is 5.63. The zero-order valence-corrected chi connectivity index (χ0v) is 11.6. The van der Waals surface area contributed by atoms with Gasteiger partial charge in [0.25, 0.3) is 0 Å². The Balaban J connectivity index is 2.03. The molecule has 1 aromatic rings. The number of rotatable bonds is 2. The Morgan fingerprint density at radius 1 is 1.71 bits per heavy atom. The van der Waals surface area contributed by atoms with Crippen LogP contribution in [0.5, 0.6) is 0 Å². The third-order valence-electron chi connectivity index (χ3n) is 2.97. The molecule has 1 fully saturated rings. The molecule has 1 saturated heterocycles. The van der Waals surface area contributed by atoms with Crippen LogP contribution in [0, 0.1) is 0 Å². The average Bonchev–Trinajstić information content (AvgIpc) is 2.61. The summed E-state index contributed by atoms with van der Waals surface area (Å²) in [6.07, 6.45) is 2.12. The number of carbonyl (C=O) groups excluding carboxylic acids is 1. The Kier molecular flexibility index (Phi) is 3.83. The molecule has 0 radical (unpaired) electrons. The molecule has 1 aliphatic rings. The van der Waals surface area contributed by atoms with Gasteiger partial charge in [0.2, 0.25) is 5.91 Å². The number of ether oxygens (including phenoxy) is 1. The molecule has 6 heteroatoms. The number of aromatic nitrogens is 2. The molecule has 5 nitrogen and oxygen atoms in total. The van der Waals surface area contributed by atoms with Crippen molar-refractivity contribution in [1.82, 2.24) is 14.7 Å². The molecule has 0 spiro atoms. The van der Waals surface area contributed by atoms with Crippen LogP contribution in [0.25, 0.3) is 0 Å². The summed E-state index contributed by atoms with van der Waals surface area (Å²) < 4.78 is 7.90. The molecule has 1 aromatic heterocycles. The highest BCUT2D eigenvalue weighted by Crippen LogP contribution is 2.17. The number of hydrogen-bond donors (Lipinski definition) is 0. The van der Waals surface area contributed by atoms with Gasteiger partial charge in [0, 0.05) is 19.2 Å². The van der Waals surface area contributed by atoms with Crippen LogP contribution in [0.4, 0.5) is 0 Å². The number of aryl methyl sites for hydroxylation is 1. The van der Waals surface area contributed by atoms with E-state index >= 15 is 0 Å². The van der Waals surface area contributed by atoms with Crippen LogP contribution in [-0.2, 0) is 23.0 Å². The van der Waals surface area contributed by atoms with E-state index in [0.29, 0.717) is 26.2 Å². The van der Waals surface area contributed by atoms with Crippen molar-refractivity contribution in [2.45, 2.75) is 19.4 Å². The van der Waals surface area contributed by atoms with E-state index in [1.165, 1.54) is 0 Å². The van der Waals surface area contributed by atoms with Crippen LogP contribution >= 0.6 is 15.9 Å². The normalized spacial score (nSPS) is 20.6. The minimum Gasteiger partial charge on any atom is -0.377 e. The van der Waals surface area contributed by atoms with Crippen molar-refractivity contribution < 1.29 is 9.53 Å². The molecule has 0 aliphatic carbocycles. The van der Waals surface area contributed by atoms with E-state index in [-0.39, 0.29) is 11.9 Å². The van der Waals surface area contributed by atoms with E-state index < -0.39 is 0 Å². The van der Waals surface area contributed by atoms with Crippen molar-refractivity contribution in [3.63, 3.8) is 0 Å². The van der Waals surface area contributed by atoms with Crippen LogP contribution in [0.1, 0.15) is 12.5 Å². The van der Waals surface area contributed by atoms with Gasteiger partial charge in [-0.1, -0.05) is 0 Å². The van der Waals surface area contributed by atoms with Crippen molar-refractivity contribution in [1.29, 1.82) is 0 Å². The highest BCUT2D eigenvalue weighted by Gasteiger charge is 2.24.